The molecule has 0 atom stereocenters. The van der Waals surface area contributed by atoms with Crippen LogP contribution in [0.5, 0.6) is 6.01 Å². The van der Waals surface area contributed by atoms with Crippen molar-refractivity contribution in [3.63, 3.8) is 0 Å². The Morgan fingerprint density at radius 1 is 1.24 bits per heavy atom. The fourth-order valence-corrected chi connectivity index (χ4v) is 1.66. The molecule has 0 radical (unpaired) electrons. The minimum Gasteiger partial charge on any atom is -0.467 e. The van der Waals surface area contributed by atoms with Gasteiger partial charge in [0.15, 0.2) is 0 Å². The molecule has 0 amide bonds. The molecule has 5 nitrogen and oxygen atoms in total. The first kappa shape index (κ1) is 11.3. The maximum absolute atomic E-state index is 11.3. The first-order valence-corrected chi connectivity index (χ1v) is 5.20. The number of nitrogens with zero attached hydrogens (tertiary/aromatic N) is 2. The van der Waals surface area contributed by atoms with E-state index in [2.05, 4.69) is 15.0 Å². The molecule has 2 aromatic rings. The van der Waals surface area contributed by atoms with E-state index in [1.54, 1.807) is 0 Å². The van der Waals surface area contributed by atoms with Crippen molar-refractivity contribution in [3.05, 3.63) is 39.8 Å². The van der Waals surface area contributed by atoms with Crippen LogP contribution in [0.3, 0.4) is 0 Å². The Hall–Kier alpha value is -2.17. The summed E-state index contributed by atoms with van der Waals surface area (Å²) in [5.41, 5.74) is 2.61. The molecule has 1 aromatic heterocycles. The second-order valence-electron chi connectivity index (χ2n) is 3.81. The summed E-state index contributed by atoms with van der Waals surface area (Å²) >= 11 is 0. The van der Waals surface area contributed by atoms with Crippen LogP contribution in [0.1, 0.15) is 11.1 Å². The van der Waals surface area contributed by atoms with Gasteiger partial charge < -0.3 is 4.74 Å². The molecule has 0 aliphatic rings. The number of H-pyrrole nitrogens is 1. The number of aromatic nitrogens is 3. The lowest BCUT2D eigenvalue weighted by Gasteiger charge is -2.06. The van der Waals surface area contributed by atoms with Crippen molar-refractivity contribution in [2.24, 2.45) is 0 Å². The van der Waals surface area contributed by atoms with Crippen molar-refractivity contribution in [2.75, 3.05) is 7.11 Å². The quantitative estimate of drug-likeness (QED) is 0.849. The number of methoxy groups -OCH3 is 1. The van der Waals surface area contributed by atoms with E-state index in [1.165, 1.54) is 7.11 Å². The third-order valence-electron chi connectivity index (χ3n) is 2.45. The van der Waals surface area contributed by atoms with Crippen molar-refractivity contribution in [3.8, 4) is 17.4 Å². The molecular formula is C12H13N3O2. The molecular weight excluding hydrogens is 218 g/mol. The topological polar surface area (TPSA) is 67.9 Å². The van der Waals surface area contributed by atoms with Crippen LogP contribution < -0.4 is 10.4 Å². The van der Waals surface area contributed by atoms with E-state index in [0.717, 1.165) is 16.7 Å². The van der Waals surface area contributed by atoms with Gasteiger partial charge in [0.1, 0.15) is 5.82 Å². The maximum atomic E-state index is 11.3. The number of aromatic amines is 1. The average Bonchev–Trinajstić information content (AvgIpc) is 2.28. The Morgan fingerprint density at radius 3 is 2.65 bits per heavy atom. The second kappa shape index (κ2) is 4.37. The van der Waals surface area contributed by atoms with Crippen molar-refractivity contribution in [1.29, 1.82) is 0 Å². The number of benzene rings is 1. The zero-order valence-electron chi connectivity index (χ0n) is 9.94. The average molecular weight is 231 g/mol. The zero-order valence-corrected chi connectivity index (χ0v) is 9.94. The predicted octanol–water partition coefficient (Wildman–Crippen LogP) is 1.46. The van der Waals surface area contributed by atoms with Crippen molar-refractivity contribution in [1.82, 2.24) is 15.0 Å². The van der Waals surface area contributed by atoms with E-state index in [0.29, 0.717) is 5.82 Å². The molecule has 0 unspecified atom stereocenters. The molecule has 2 rings (SSSR count). The molecule has 0 aliphatic carbocycles. The molecule has 0 saturated carbocycles. The van der Waals surface area contributed by atoms with E-state index in [-0.39, 0.29) is 6.01 Å². The van der Waals surface area contributed by atoms with E-state index in [9.17, 15) is 4.79 Å². The zero-order chi connectivity index (χ0) is 12.4. The van der Waals surface area contributed by atoms with Crippen LogP contribution in [0.25, 0.3) is 11.4 Å². The fourth-order valence-electron chi connectivity index (χ4n) is 1.66. The molecule has 17 heavy (non-hydrogen) atoms. The largest absolute Gasteiger partial charge is 0.467 e. The highest BCUT2D eigenvalue weighted by atomic mass is 16.5. The summed E-state index contributed by atoms with van der Waals surface area (Å²) in [5, 5.41) is 0. The minimum atomic E-state index is -0.466. The molecule has 88 valence electrons. The van der Waals surface area contributed by atoms with Crippen LogP contribution in [0.4, 0.5) is 0 Å². The highest BCUT2D eigenvalue weighted by Crippen LogP contribution is 2.20. The van der Waals surface area contributed by atoms with E-state index >= 15 is 0 Å². The van der Waals surface area contributed by atoms with Crippen molar-refractivity contribution < 1.29 is 4.74 Å². The van der Waals surface area contributed by atoms with Gasteiger partial charge in [0.2, 0.25) is 0 Å². The summed E-state index contributed by atoms with van der Waals surface area (Å²) in [6.45, 7) is 3.98. The van der Waals surface area contributed by atoms with Crippen LogP contribution in [0, 0.1) is 13.8 Å². The molecule has 5 heteroatoms. The minimum absolute atomic E-state index is 0.0729. The lowest BCUT2D eigenvalue weighted by atomic mass is 10.1. The van der Waals surface area contributed by atoms with Gasteiger partial charge in [-0.2, -0.15) is 4.98 Å². The van der Waals surface area contributed by atoms with E-state index < -0.39 is 5.69 Å². The Kier molecular flexibility index (Phi) is 2.91. The van der Waals surface area contributed by atoms with Crippen LogP contribution in [-0.4, -0.2) is 22.1 Å². The summed E-state index contributed by atoms with van der Waals surface area (Å²) in [7, 11) is 1.43. The van der Waals surface area contributed by atoms with Gasteiger partial charge in [0, 0.05) is 5.56 Å². The second-order valence-corrected chi connectivity index (χ2v) is 3.81. The highest BCUT2D eigenvalue weighted by molar-refractivity contribution is 5.60. The lowest BCUT2D eigenvalue weighted by Crippen LogP contribution is -2.14. The van der Waals surface area contributed by atoms with Crippen LogP contribution in [0.15, 0.2) is 23.0 Å². The standard InChI is InChI=1S/C12H13N3O2/c1-7-4-5-9(8(2)6-7)10-13-11(16)15-12(14-10)17-3/h4-6H,1-3H3,(H,13,14,15,16). The molecule has 1 heterocycles. The summed E-state index contributed by atoms with van der Waals surface area (Å²) in [4.78, 5) is 21.6. The van der Waals surface area contributed by atoms with Gasteiger partial charge in [-0.25, -0.2) is 4.79 Å². The van der Waals surface area contributed by atoms with Crippen molar-refractivity contribution in [2.45, 2.75) is 13.8 Å². The third kappa shape index (κ3) is 2.33. The van der Waals surface area contributed by atoms with Gasteiger partial charge in [-0.1, -0.05) is 23.8 Å². The Labute approximate surface area is 98.5 Å². The van der Waals surface area contributed by atoms with Crippen LogP contribution in [-0.2, 0) is 0 Å². The molecule has 0 spiro atoms. The van der Waals surface area contributed by atoms with Gasteiger partial charge in [-0.3, -0.25) is 4.98 Å². The first-order valence-electron chi connectivity index (χ1n) is 5.20. The van der Waals surface area contributed by atoms with E-state index in [1.807, 2.05) is 32.0 Å². The van der Waals surface area contributed by atoms with Crippen molar-refractivity contribution >= 4 is 0 Å². The summed E-state index contributed by atoms with van der Waals surface area (Å²) in [6.07, 6.45) is 0. The number of rotatable bonds is 2. The van der Waals surface area contributed by atoms with Gasteiger partial charge in [-0.05, 0) is 19.4 Å². The Bertz CT molecular complexity index is 605. The SMILES string of the molecule is COc1nc(-c2ccc(C)cc2C)[nH]c(=O)n1. The van der Waals surface area contributed by atoms with Crippen LogP contribution >= 0.6 is 0 Å². The van der Waals surface area contributed by atoms with E-state index in [4.69, 9.17) is 4.74 Å². The summed E-state index contributed by atoms with van der Waals surface area (Å²) in [6, 6.07) is 5.99. The number of nitrogens with one attached hydrogen (secondary N) is 1. The van der Waals surface area contributed by atoms with Gasteiger partial charge in [0.25, 0.3) is 0 Å². The number of hydrogen-bond acceptors (Lipinski definition) is 4. The number of hydrogen-bond donors (Lipinski definition) is 1. The number of ether oxygens (including phenoxy) is 1. The summed E-state index contributed by atoms with van der Waals surface area (Å²) < 4.78 is 4.88. The molecule has 1 N–H and O–H groups in total. The maximum Gasteiger partial charge on any atom is 0.351 e. The predicted molar refractivity (Wildman–Crippen MR) is 64.1 cm³/mol. The Morgan fingerprint density at radius 2 is 2.00 bits per heavy atom. The fraction of sp³-hybridized carbons (Fsp3) is 0.250. The van der Waals surface area contributed by atoms with Gasteiger partial charge >= 0.3 is 11.7 Å². The normalized spacial score (nSPS) is 10.3. The smallest absolute Gasteiger partial charge is 0.351 e. The molecule has 1 aromatic carbocycles. The monoisotopic (exact) mass is 231 g/mol. The van der Waals surface area contributed by atoms with Crippen LogP contribution in [0.2, 0.25) is 0 Å². The number of aryl methyl sites for hydroxylation is 2. The van der Waals surface area contributed by atoms with Gasteiger partial charge in [0.05, 0.1) is 7.11 Å². The lowest BCUT2D eigenvalue weighted by molar-refractivity contribution is 0.377. The highest BCUT2D eigenvalue weighted by Gasteiger charge is 2.07. The molecule has 0 bridgehead atoms. The molecule has 0 fully saturated rings. The van der Waals surface area contributed by atoms with Gasteiger partial charge in [-0.15, -0.1) is 4.98 Å². The third-order valence-corrected chi connectivity index (χ3v) is 2.45. The first-order chi connectivity index (χ1) is 8.10. The molecule has 0 aliphatic heterocycles. The summed E-state index contributed by atoms with van der Waals surface area (Å²) in [5.74, 6) is 0.472. The molecule has 0 saturated heterocycles. The Balaban J connectivity index is 2.60.